The highest BCUT2D eigenvalue weighted by Gasteiger charge is 2.24. The number of nitrogens with zero attached hydrogens (tertiary/aromatic N) is 5. The molecule has 6 heteroatoms. The zero-order chi connectivity index (χ0) is 42.7. The molecule has 6 nitrogen and oxygen atoms in total. The van der Waals surface area contributed by atoms with E-state index in [1.54, 1.807) is 12.1 Å². The van der Waals surface area contributed by atoms with Gasteiger partial charge >= 0.3 is 0 Å². The van der Waals surface area contributed by atoms with Gasteiger partial charge in [-0.05, 0) is 36.4 Å². The van der Waals surface area contributed by atoms with Crippen LogP contribution in [0.15, 0.2) is 192 Å². The summed E-state index contributed by atoms with van der Waals surface area (Å²) in [7, 11) is 0. The lowest BCUT2D eigenvalue weighted by Gasteiger charge is -2.13. The maximum atomic E-state index is 9.63. The Labute approximate surface area is 335 Å². The molecule has 0 radical (unpaired) electrons. The number of fused-ring (bicyclic) bond motifs is 10. The average Bonchev–Trinajstić information content (AvgIpc) is 3.97. The van der Waals surface area contributed by atoms with Gasteiger partial charge < -0.3 is 13.6 Å². The van der Waals surface area contributed by atoms with E-state index < -0.39 is 0 Å². The lowest BCUT2D eigenvalue weighted by Crippen LogP contribution is -2.00. The minimum Gasteiger partial charge on any atom is -0.454 e. The van der Waals surface area contributed by atoms with E-state index in [9.17, 15) is 5.48 Å². The Balaban J connectivity index is 1.23. The molecule has 4 aromatic heterocycles. The first kappa shape index (κ1) is 26.1. The van der Waals surface area contributed by atoms with Crippen molar-refractivity contribution in [3.63, 3.8) is 0 Å². The Bertz CT molecular complexity index is 3810. The molecule has 0 N–H and O–H groups in total. The van der Waals surface area contributed by atoms with Crippen LogP contribution in [0, 0.1) is 0 Å². The van der Waals surface area contributed by atoms with Crippen molar-refractivity contribution in [1.29, 1.82) is 0 Å². The number of hydrogen-bond donors (Lipinski definition) is 0. The second kappa shape index (κ2) is 12.3. The maximum absolute atomic E-state index is 9.63. The molecule has 0 atom stereocenters. The van der Waals surface area contributed by atoms with E-state index >= 15 is 0 Å². The summed E-state index contributed by atoms with van der Waals surface area (Å²) in [5.41, 5.74) is 6.77. The standard InChI is InChI=1S/C51H31N5O/c1-4-16-32(17-5-1)49-52-50(33-18-6-2-7-19-33)54-51(53-49)40-25-15-29-44-45(40)39-24-14-28-43(48(39)57-44)56-42-27-13-11-23-36(42)38-31-30-37-35-22-10-12-26-41(35)55(46(37)47(38)56)34-20-8-3-9-21-34/h1-31H/i10D,11D,26D,27D,30D,31D. The lowest BCUT2D eigenvalue weighted by molar-refractivity contribution is 0.666. The van der Waals surface area contributed by atoms with E-state index in [-0.39, 0.29) is 36.3 Å². The minimum absolute atomic E-state index is 0.0608. The Hall–Kier alpha value is -7.83. The van der Waals surface area contributed by atoms with Crippen LogP contribution in [-0.2, 0) is 0 Å². The van der Waals surface area contributed by atoms with Gasteiger partial charge in [0.2, 0.25) is 0 Å². The SMILES string of the molecule is [2H]c1cc([2H])c2c(c1)c1c([2H])c([2H])c3c4cc([2H])cc([2H])c4n(-c4cccc5c4oc4cccc(-c6nc(-c7ccccc7)nc(-c7ccccc7)n6)c45)c3c1n2-c1ccccc1. The van der Waals surface area contributed by atoms with Gasteiger partial charge in [-0.2, -0.15) is 0 Å². The third-order valence-electron chi connectivity index (χ3n) is 10.7. The first-order valence-electron chi connectivity index (χ1n) is 21.6. The summed E-state index contributed by atoms with van der Waals surface area (Å²) in [6.45, 7) is 0. The van der Waals surface area contributed by atoms with E-state index in [0.717, 1.165) is 33.2 Å². The first-order valence-corrected chi connectivity index (χ1v) is 18.6. The van der Waals surface area contributed by atoms with Gasteiger partial charge in [0.15, 0.2) is 23.1 Å². The third-order valence-corrected chi connectivity index (χ3v) is 10.7. The monoisotopic (exact) mass is 735 g/mol. The molecule has 0 aliphatic rings. The molecule has 8 aromatic carbocycles. The number of para-hydroxylation sites is 4. The van der Waals surface area contributed by atoms with Gasteiger partial charge in [0.25, 0.3) is 0 Å². The van der Waals surface area contributed by atoms with Crippen molar-refractivity contribution in [2.45, 2.75) is 0 Å². The molecule has 57 heavy (non-hydrogen) atoms. The van der Waals surface area contributed by atoms with Crippen molar-refractivity contribution in [1.82, 2.24) is 24.1 Å². The minimum atomic E-state index is -0.0855. The average molecular weight is 736 g/mol. The number of rotatable bonds is 5. The third kappa shape index (κ3) is 4.74. The Morgan fingerprint density at radius 2 is 1.00 bits per heavy atom. The molecular formula is C51H31N5O. The van der Waals surface area contributed by atoms with E-state index in [2.05, 4.69) is 0 Å². The topological polar surface area (TPSA) is 61.7 Å². The summed E-state index contributed by atoms with van der Waals surface area (Å²) in [6, 6.07) is 47.3. The molecule has 12 aromatic rings. The molecule has 4 heterocycles. The van der Waals surface area contributed by atoms with Gasteiger partial charge in [0, 0.05) is 54.7 Å². The Morgan fingerprint density at radius 3 is 1.65 bits per heavy atom. The maximum Gasteiger partial charge on any atom is 0.164 e. The van der Waals surface area contributed by atoms with Crippen LogP contribution < -0.4 is 0 Å². The van der Waals surface area contributed by atoms with Crippen molar-refractivity contribution >= 4 is 65.6 Å². The second-order valence-corrected chi connectivity index (χ2v) is 13.9. The van der Waals surface area contributed by atoms with Gasteiger partial charge in [0.05, 0.1) is 36.0 Å². The zero-order valence-corrected chi connectivity index (χ0v) is 30.1. The van der Waals surface area contributed by atoms with Crippen LogP contribution in [0.4, 0.5) is 0 Å². The summed E-state index contributed by atoms with van der Waals surface area (Å²) in [5, 5.41) is 3.32. The van der Waals surface area contributed by atoms with Crippen molar-refractivity contribution in [2.24, 2.45) is 0 Å². The van der Waals surface area contributed by atoms with Gasteiger partial charge in [-0.15, -0.1) is 0 Å². The molecule has 0 unspecified atom stereocenters. The number of furan rings is 1. The molecule has 0 amide bonds. The number of hydrogen-bond acceptors (Lipinski definition) is 4. The van der Waals surface area contributed by atoms with Crippen molar-refractivity contribution in [3.05, 3.63) is 188 Å². The fraction of sp³-hybridized carbons (Fsp3) is 0. The molecule has 12 rings (SSSR count). The predicted octanol–water partition coefficient (Wildman–Crippen LogP) is 13.0. The van der Waals surface area contributed by atoms with Crippen molar-refractivity contribution in [3.8, 4) is 45.5 Å². The summed E-state index contributed by atoms with van der Waals surface area (Å²) in [4.78, 5) is 15.0. The van der Waals surface area contributed by atoms with Crippen LogP contribution in [0.1, 0.15) is 8.22 Å². The normalized spacial score (nSPS) is 13.3. The van der Waals surface area contributed by atoms with Crippen LogP contribution in [-0.4, -0.2) is 24.1 Å². The van der Waals surface area contributed by atoms with Crippen LogP contribution in [0.2, 0.25) is 0 Å². The highest BCUT2D eigenvalue weighted by Crippen LogP contribution is 2.44. The molecule has 0 aliphatic heterocycles. The zero-order valence-electron chi connectivity index (χ0n) is 36.1. The predicted molar refractivity (Wildman–Crippen MR) is 232 cm³/mol. The van der Waals surface area contributed by atoms with E-state index in [1.807, 2.05) is 137 Å². The molecule has 0 saturated carbocycles. The molecule has 0 aliphatic carbocycles. The Morgan fingerprint density at radius 1 is 0.439 bits per heavy atom. The quantitative estimate of drug-likeness (QED) is 0.177. The molecule has 0 saturated heterocycles. The second-order valence-electron chi connectivity index (χ2n) is 13.9. The summed E-state index contributed by atoms with van der Waals surface area (Å²) < 4.78 is 65.9. The van der Waals surface area contributed by atoms with E-state index in [1.165, 1.54) is 12.1 Å². The molecule has 266 valence electrons. The molecule has 0 fully saturated rings. The van der Waals surface area contributed by atoms with Crippen LogP contribution >= 0.6 is 0 Å². The summed E-state index contributed by atoms with van der Waals surface area (Å²) >= 11 is 0. The van der Waals surface area contributed by atoms with Crippen LogP contribution in [0.5, 0.6) is 0 Å². The first-order chi connectivity index (χ1) is 30.7. The Kier molecular flexibility index (Phi) is 5.64. The van der Waals surface area contributed by atoms with Crippen LogP contribution in [0.3, 0.4) is 0 Å². The molecule has 0 bridgehead atoms. The molecular weight excluding hydrogens is 699 g/mol. The van der Waals surface area contributed by atoms with E-state index in [0.29, 0.717) is 77.9 Å². The lowest BCUT2D eigenvalue weighted by atomic mass is 10.0. The number of benzene rings is 8. The fourth-order valence-electron chi connectivity index (χ4n) is 8.24. The van der Waals surface area contributed by atoms with Gasteiger partial charge in [-0.1, -0.05) is 152 Å². The largest absolute Gasteiger partial charge is 0.454 e. The highest BCUT2D eigenvalue weighted by atomic mass is 16.3. The summed E-state index contributed by atoms with van der Waals surface area (Å²) in [6.07, 6.45) is 0. The van der Waals surface area contributed by atoms with Crippen molar-refractivity contribution < 1.29 is 12.6 Å². The fourth-order valence-corrected chi connectivity index (χ4v) is 8.24. The smallest absolute Gasteiger partial charge is 0.164 e. The molecule has 0 spiro atoms. The van der Waals surface area contributed by atoms with Crippen LogP contribution in [0.25, 0.3) is 111 Å². The van der Waals surface area contributed by atoms with Gasteiger partial charge in [-0.3, -0.25) is 0 Å². The van der Waals surface area contributed by atoms with Gasteiger partial charge in [0.1, 0.15) is 5.58 Å². The van der Waals surface area contributed by atoms with Gasteiger partial charge in [-0.25, -0.2) is 15.0 Å². The summed E-state index contributed by atoms with van der Waals surface area (Å²) in [5.74, 6) is 1.52. The van der Waals surface area contributed by atoms with E-state index in [4.69, 9.17) is 22.1 Å². The highest BCUT2D eigenvalue weighted by molar-refractivity contribution is 6.24. The number of aromatic nitrogens is 5. The van der Waals surface area contributed by atoms with Crippen molar-refractivity contribution in [2.75, 3.05) is 0 Å².